The third-order valence-corrected chi connectivity index (χ3v) is 4.59. The standard InChI is InChI=1S/C16H20BrNO3/c1-11(8-12-4-2-5-13(17)9-12)18-14(19)10-16(15(20)21)6-3-7-16/h2,4-5,9,11H,3,6-8,10H2,1H3,(H,18,19)(H,20,21). The molecule has 1 saturated carbocycles. The third-order valence-electron chi connectivity index (χ3n) is 4.10. The van der Waals surface area contributed by atoms with Crippen molar-refractivity contribution in [3.8, 4) is 0 Å². The number of carboxylic acid groups (broad SMARTS) is 1. The molecule has 114 valence electrons. The molecule has 21 heavy (non-hydrogen) atoms. The van der Waals surface area contributed by atoms with Crippen LogP contribution in [0.4, 0.5) is 0 Å². The lowest BCUT2D eigenvalue weighted by Crippen LogP contribution is -2.44. The SMILES string of the molecule is CC(Cc1cccc(Br)c1)NC(=O)CC1(C(=O)O)CCC1. The molecule has 0 spiro atoms. The Morgan fingerprint density at radius 2 is 2.14 bits per heavy atom. The van der Waals surface area contributed by atoms with Crippen LogP contribution in [0.3, 0.4) is 0 Å². The second-order valence-electron chi connectivity index (χ2n) is 5.92. The van der Waals surface area contributed by atoms with Crippen LogP contribution in [-0.4, -0.2) is 23.0 Å². The smallest absolute Gasteiger partial charge is 0.310 e. The molecule has 0 aromatic heterocycles. The second kappa shape index (κ2) is 6.60. The zero-order chi connectivity index (χ0) is 15.5. The van der Waals surface area contributed by atoms with Gasteiger partial charge in [-0.25, -0.2) is 0 Å². The molecule has 0 radical (unpaired) electrons. The van der Waals surface area contributed by atoms with Crippen molar-refractivity contribution in [1.29, 1.82) is 0 Å². The Bertz CT molecular complexity index is 540. The molecular formula is C16H20BrNO3. The fourth-order valence-corrected chi connectivity index (χ4v) is 3.22. The molecule has 1 fully saturated rings. The van der Waals surface area contributed by atoms with Gasteiger partial charge in [-0.05, 0) is 43.9 Å². The summed E-state index contributed by atoms with van der Waals surface area (Å²) < 4.78 is 1.01. The topological polar surface area (TPSA) is 66.4 Å². The second-order valence-corrected chi connectivity index (χ2v) is 6.83. The van der Waals surface area contributed by atoms with E-state index in [1.807, 2.05) is 31.2 Å². The Hall–Kier alpha value is -1.36. The van der Waals surface area contributed by atoms with Gasteiger partial charge in [0.25, 0.3) is 0 Å². The Labute approximate surface area is 133 Å². The van der Waals surface area contributed by atoms with Gasteiger partial charge in [0.15, 0.2) is 0 Å². The van der Waals surface area contributed by atoms with E-state index in [2.05, 4.69) is 21.2 Å². The molecule has 0 saturated heterocycles. The van der Waals surface area contributed by atoms with E-state index in [4.69, 9.17) is 0 Å². The molecule has 1 amide bonds. The predicted molar refractivity (Wildman–Crippen MR) is 84.0 cm³/mol. The lowest BCUT2D eigenvalue weighted by Gasteiger charge is -2.37. The lowest BCUT2D eigenvalue weighted by atomic mass is 9.66. The summed E-state index contributed by atoms with van der Waals surface area (Å²) in [5.74, 6) is -1.01. The number of amides is 1. The number of benzene rings is 1. The van der Waals surface area contributed by atoms with Gasteiger partial charge in [0.2, 0.25) is 5.91 Å². The van der Waals surface area contributed by atoms with E-state index in [-0.39, 0.29) is 18.4 Å². The van der Waals surface area contributed by atoms with Crippen molar-refractivity contribution < 1.29 is 14.7 Å². The summed E-state index contributed by atoms with van der Waals surface area (Å²) in [7, 11) is 0. The van der Waals surface area contributed by atoms with Crippen molar-refractivity contribution in [2.45, 2.75) is 45.1 Å². The lowest BCUT2D eigenvalue weighted by molar-refractivity contribution is -0.157. The highest BCUT2D eigenvalue weighted by molar-refractivity contribution is 9.10. The highest BCUT2D eigenvalue weighted by atomic mass is 79.9. The molecule has 1 aromatic rings. The number of hydrogen-bond donors (Lipinski definition) is 2. The molecule has 0 bridgehead atoms. The number of aliphatic carboxylic acids is 1. The summed E-state index contributed by atoms with van der Waals surface area (Å²) in [6.07, 6.45) is 2.93. The largest absolute Gasteiger partial charge is 0.481 e. The van der Waals surface area contributed by atoms with Crippen molar-refractivity contribution in [1.82, 2.24) is 5.32 Å². The maximum absolute atomic E-state index is 12.0. The highest BCUT2D eigenvalue weighted by Gasteiger charge is 2.45. The molecule has 1 aliphatic carbocycles. The molecule has 0 heterocycles. The van der Waals surface area contributed by atoms with Crippen molar-refractivity contribution in [2.24, 2.45) is 5.41 Å². The molecule has 1 atom stereocenters. The molecule has 5 heteroatoms. The van der Waals surface area contributed by atoms with Crippen molar-refractivity contribution >= 4 is 27.8 Å². The monoisotopic (exact) mass is 353 g/mol. The van der Waals surface area contributed by atoms with E-state index in [9.17, 15) is 14.7 Å². The zero-order valence-corrected chi connectivity index (χ0v) is 13.6. The Balaban J connectivity index is 1.86. The fourth-order valence-electron chi connectivity index (χ4n) is 2.77. The highest BCUT2D eigenvalue weighted by Crippen LogP contribution is 2.44. The van der Waals surface area contributed by atoms with E-state index >= 15 is 0 Å². The maximum Gasteiger partial charge on any atom is 0.310 e. The van der Waals surface area contributed by atoms with Crippen LogP contribution in [0.5, 0.6) is 0 Å². The summed E-state index contributed by atoms with van der Waals surface area (Å²) in [6, 6.07) is 7.94. The molecule has 2 rings (SSSR count). The normalized spacial score (nSPS) is 17.6. The van der Waals surface area contributed by atoms with Crippen LogP contribution in [0, 0.1) is 5.41 Å². The van der Waals surface area contributed by atoms with Gasteiger partial charge in [0.1, 0.15) is 0 Å². The first kappa shape index (κ1) is 16.0. The van der Waals surface area contributed by atoms with Crippen LogP contribution in [0.25, 0.3) is 0 Å². The number of hydrogen-bond acceptors (Lipinski definition) is 2. The van der Waals surface area contributed by atoms with Crippen LogP contribution < -0.4 is 5.32 Å². The number of carbonyl (C=O) groups is 2. The van der Waals surface area contributed by atoms with Gasteiger partial charge in [0.05, 0.1) is 5.41 Å². The van der Waals surface area contributed by atoms with Gasteiger partial charge >= 0.3 is 5.97 Å². The molecule has 1 aliphatic rings. The average Bonchev–Trinajstić information content (AvgIpc) is 2.33. The van der Waals surface area contributed by atoms with Gasteiger partial charge < -0.3 is 10.4 Å². The van der Waals surface area contributed by atoms with Crippen molar-refractivity contribution in [3.63, 3.8) is 0 Å². The van der Waals surface area contributed by atoms with Gasteiger partial charge in [0, 0.05) is 16.9 Å². The summed E-state index contributed by atoms with van der Waals surface area (Å²) >= 11 is 3.42. The number of nitrogens with one attached hydrogen (secondary N) is 1. The minimum Gasteiger partial charge on any atom is -0.481 e. The minimum atomic E-state index is -0.844. The van der Waals surface area contributed by atoms with Crippen molar-refractivity contribution in [2.75, 3.05) is 0 Å². The summed E-state index contributed by atoms with van der Waals surface area (Å²) in [4.78, 5) is 23.3. The third kappa shape index (κ3) is 4.06. The fraction of sp³-hybridized carbons (Fsp3) is 0.500. The van der Waals surface area contributed by atoms with Crippen molar-refractivity contribution in [3.05, 3.63) is 34.3 Å². The Morgan fingerprint density at radius 3 is 2.67 bits per heavy atom. The minimum absolute atomic E-state index is 0.0160. The molecule has 0 aliphatic heterocycles. The first-order valence-corrected chi connectivity index (χ1v) is 7.98. The van der Waals surface area contributed by atoms with Crippen LogP contribution in [0.2, 0.25) is 0 Å². The maximum atomic E-state index is 12.0. The van der Waals surface area contributed by atoms with Crippen LogP contribution in [0.15, 0.2) is 28.7 Å². The number of rotatable bonds is 6. The molecule has 2 N–H and O–H groups in total. The van der Waals surface area contributed by atoms with E-state index in [1.54, 1.807) is 0 Å². The quantitative estimate of drug-likeness (QED) is 0.825. The number of carbonyl (C=O) groups excluding carboxylic acids is 1. The first-order chi connectivity index (χ1) is 9.91. The Morgan fingerprint density at radius 1 is 1.43 bits per heavy atom. The van der Waals surface area contributed by atoms with Gasteiger partial charge in [-0.1, -0.05) is 34.5 Å². The van der Waals surface area contributed by atoms with E-state index < -0.39 is 11.4 Å². The number of carboxylic acids is 1. The molecular weight excluding hydrogens is 334 g/mol. The molecule has 4 nitrogen and oxygen atoms in total. The zero-order valence-electron chi connectivity index (χ0n) is 12.1. The summed E-state index contributed by atoms with van der Waals surface area (Å²) in [6.45, 7) is 1.94. The van der Waals surface area contributed by atoms with Gasteiger partial charge in [-0.3, -0.25) is 9.59 Å². The molecule has 1 aromatic carbocycles. The van der Waals surface area contributed by atoms with Crippen LogP contribution in [0.1, 0.15) is 38.2 Å². The first-order valence-electron chi connectivity index (χ1n) is 7.18. The van der Waals surface area contributed by atoms with Crippen LogP contribution in [-0.2, 0) is 16.0 Å². The predicted octanol–water partition coefficient (Wildman–Crippen LogP) is 3.14. The van der Waals surface area contributed by atoms with E-state index in [0.29, 0.717) is 12.8 Å². The summed E-state index contributed by atoms with van der Waals surface area (Å²) in [5.41, 5.74) is 0.313. The number of halogens is 1. The molecule has 1 unspecified atom stereocenters. The Kier molecular flexibility index (Phi) is 5.04. The van der Waals surface area contributed by atoms with Gasteiger partial charge in [-0.15, -0.1) is 0 Å². The summed E-state index contributed by atoms with van der Waals surface area (Å²) in [5, 5.41) is 12.2. The van der Waals surface area contributed by atoms with E-state index in [1.165, 1.54) is 0 Å². The van der Waals surface area contributed by atoms with E-state index in [0.717, 1.165) is 22.9 Å². The van der Waals surface area contributed by atoms with Gasteiger partial charge in [-0.2, -0.15) is 0 Å². The van der Waals surface area contributed by atoms with Crippen LogP contribution >= 0.6 is 15.9 Å². The average molecular weight is 354 g/mol.